The zero-order valence-electron chi connectivity index (χ0n) is 15.6. The average Bonchev–Trinajstić information content (AvgIpc) is 2.62. The molecule has 1 rings (SSSR count). The van der Waals surface area contributed by atoms with Gasteiger partial charge in [0.25, 0.3) is 11.4 Å². The van der Waals surface area contributed by atoms with E-state index >= 15 is 0 Å². The van der Waals surface area contributed by atoms with E-state index in [2.05, 4.69) is 5.32 Å². The SMILES string of the molecule is CN(C)CCOCCOCCOCCNc1ccc([N+](=O)[O-])cc1[N+](=O)[O-]. The lowest BCUT2D eigenvalue weighted by Crippen LogP contribution is -2.19. The second-order valence-electron chi connectivity index (χ2n) is 5.78. The third-order valence-corrected chi connectivity index (χ3v) is 3.38. The number of non-ortho nitro benzene ring substituents is 1. The molecule has 11 nitrogen and oxygen atoms in total. The summed E-state index contributed by atoms with van der Waals surface area (Å²) in [6, 6.07) is 3.46. The van der Waals surface area contributed by atoms with Crippen molar-refractivity contribution in [3.05, 3.63) is 38.4 Å². The predicted molar refractivity (Wildman–Crippen MR) is 99.3 cm³/mol. The van der Waals surface area contributed by atoms with E-state index < -0.39 is 9.85 Å². The maximum absolute atomic E-state index is 11.0. The number of nitrogens with zero attached hydrogens (tertiary/aromatic N) is 3. The summed E-state index contributed by atoms with van der Waals surface area (Å²) < 4.78 is 16.1. The molecule has 0 saturated carbocycles. The van der Waals surface area contributed by atoms with Crippen LogP contribution < -0.4 is 5.32 Å². The molecule has 0 aliphatic carbocycles. The van der Waals surface area contributed by atoms with E-state index in [0.717, 1.165) is 12.6 Å². The summed E-state index contributed by atoms with van der Waals surface area (Å²) in [7, 11) is 3.96. The Morgan fingerprint density at radius 3 is 2.07 bits per heavy atom. The Morgan fingerprint density at radius 1 is 0.926 bits per heavy atom. The van der Waals surface area contributed by atoms with Crippen molar-refractivity contribution in [2.45, 2.75) is 0 Å². The van der Waals surface area contributed by atoms with Crippen molar-refractivity contribution >= 4 is 17.1 Å². The summed E-state index contributed by atoms with van der Waals surface area (Å²) in [5.74, 6) is 0. The van der Waals surface area contributed by atoms with Crippen LogP contribution in [0.5, 0.6) is 0 Å². The Hall–Kier alpha value is -2.34. The Morgan fingerprint density at radius 2 is 1.52 bits per heavy atom. The van der Waals surface area contributed by atoms with E-state index in [1.165, 1.54) is 12.1 Å². The summed E-state index contributed by atoms with van der Waals surface area (Å²) in [4.78, 5) is 22.4. The van der Waals surface area contributed by atoms with Crippen molar-refractivity contribution in [2.24, 2.45) is 0 Å². The number of nitrogens with one attached hydrogen (secondary N) is 1. The number of anilines is 1. The molecular weight excluding hydrogens is 360 g/mol. The summed E-state index contributed by atoms with van der Waals surface area (Å²) in [6.07, 6.45) is 0. The van der Waals surface area contributed by atoms with Crippen LogP contribution in [0.1, 0.15) is 0 Å². The number of benzene rings is 1. The van der Waals surface area contributed by atoms with Gasteiger partial charge in [-0.25, -0.2) is 0 Å². The normalized spacial score (nSPS) is 10.9. The van der Waals surface area contributed by atoms with Crippen LogP contribution >= 0.6 is 0 Å². The zero-order valence-corrected chi connectivity index (χ0v) is 15.6. The Bertz CT molecular complexity index is 598. The highest BCUT2D eigenvalue weighted by atomic mass is 16.6. The monoisotopic (exact) mass is 386 g/mol. The molecule has 0 bridgehead atoms. The predicted octanol–water partition coefficient (Wildman–Crippen LogP) is 1.53. The van der Waals surface area contributed by atoms with E-state index in [4.69, 9.17) is 14.2 Å². The first kappa shape index (κ1) is 22.7. The molecule has 0 radical (unpaired) electrons. The molecule has 0 aromatic heterocycles. The quantitative estimate of drug-likeness (QED) is 0.271. The number of hydrogen-bond acceptors (Lipinski definition) is 9. The third kappa shape index (κ3) is 9.80. The van der Waals surface area contributed by atoms with Crippen LogP contribution in [0.3, 0.4) is 0 Å². The average molecular weight is 386 g/mol. The van der Waals surface area contributed by atoms with Gasteiger partial charge in [0, 0.05) is 19.2 Å². The van der Waals surface area contributed by atoms with Crippen molar-refractivity contribution in [3.63, 3.8) is 0 Å². The molecule has 0 aliphatic rings. The van der Waals surface area contributed by atoms with Gasteiger partial charge in [-0.15, -0.1) is 0 Å². The van der Waals surface area contributed by atoms with Gasteiger partial charge in [0.2, 0.25) is 0 Å². The molecule has 0 heterocycles. The van der Waals surface area contributed by atoms with Gasteiger partial charge in [0.1, 0.15) is 5.69 Å². The maximum atomic E-state index is 11.0. The Labute approximate surface area is 157 Å². The van der Waals surface area contributed by atoms with Gasteiger partial charge >= 0.3 is 0 Å². The fourth-order valence-electron chi connectivity index (χ4n) is 1.98. The number of nitro benzene ring substituents is 2. The minimum absolute atomic E-state index is 0.209. The van der Waals surface area contributed by atoms with E-state index in [1.54, 1.807) is 0 Å². The Balaban J connectivity index is 2.13. The molecule has 0 aliphatic heterocycles. The highest BCUT2D eigenvalue weighted by molar-refractivity contribution is 5.65. The van der Waals surface area contributed by atoms with Crippen LogP contribution in [0.2, 0.25) is 0 Å². The first-order chi connectivity index (χ1) is 12.9. The molecule has 11 heteroatoms. The summed E-state index contributed by atoms with van der Waals surface area (Å²) >= 11 is 0. The van der Waals surface area contributed by atoms with Crippen LogP contribution in [0.15, 0.2) is 18.2 Å². The molecule has 0 unspecified atom stereocenters. The van der Waals surface area contributed by atoms with Gasteiger partial charge < -0.3 is 24.4 Å². The van der Waals surface area contributed by atoms with E-state index in [0.29, 0.717) is 46.2 Å². The molecule has 27 heavy (non-hydrogen) atoms. The summed E-state index contributed by atoms with van der Waals surface area (Å²) in [5.41, 5.74) is -0.464. The van der Waals surface area contributed by atoms with Crippen LogP contribution in [-0.4, -0.2) is 81.6 Å². The molecule has 1 aromatic rings. The lowest BCUT2D eigenvalue weighted by atomic mass is 10.2. The molecule has 0 atom stereocenters. The fourth-order valence-corrected chi connectivity index (χ4v) is 1.98. The third-order valence-electron chi connectivity index (χ3n) is 3.38. The van der Waals surface area contributed by atoms with Crippen LogP contribution in [0, 0.1) is 20.2 Å². The number of likely N-dealkylation sites (N-methyl/N-ethyl adjacent to an activating group) is 1. The van der Waals surface area contributed by atoms with Crippen molar-refractivity contribution in [3.8, 4) is 0 Å². The smallest absolute Gasteiger partial charge is 0.299 e. The van der Waals surface area contributed by atoms with Crippen molar-refractivity contribution < 1.29 is 24.1 Å². The van der Waals surface area contributed by atoms with Crippen molar-refractivity contribution in [1.29, 1.82) is 0 Å². The number of hydrogen-bond donors (Lipinski definition) is 1. The van der Waals surface area contributed by atoms with Crippen LogP contribution in [0.4, 0.5) is 17.1 Å². The highest BCUT2D eigenvalue weighted by Gasteiger charge is 2.18. The second-order valence-corrected chi connectivity index (χ2v) is 5.78. The zero-order chi connectivity index (χ0) is 20.1. The maximum Gasteiger partial charge on any atom is 0.299 e. The standard InChI is InChI=1S/C16H26N4O7/c1-18(2)6-8-26-10-12-27-11-9-25-7-5-17-15-4-3-14(19(21)22)13-16(15)20(23)24/h3-4,13,17H,5-12H2,1-2H3. The molecule has 0 fully saturated rings. The number of ether oxygens (including phenoxy) is 3. The minimum Gasteiger partial charge on any atom is -0.378 e. The molecular formula is C16H26N4O7. The summed E-state index contributed by atoms with van der Waals surface area (Å²) in [6.45, 7) is 4.00. The molecule has 1 aromatic carbocycles. The fraction of sp³-hybridized carbons (Fsp3) is 0.625. The van der Waals surface area contributed by atoms with E-state index in [9.17, 15) is 20.2 Å². The van der Waals surface area contributed by atoms with E-state index in [-0.39, 0.29) is 17.1 Å². The molecule has 0 saturated heterocycles. The van der Waals surface area contributed by atoms with Crippen molar-refractivity contribution in [1.82, 2.24) is 4.90 Å². The van der Waals surface area contributed by atoms with E-state index in [1.807, 2.05) is 19.0 Å². The molecule has 1 N–H and O–H groups in total. The summed E-state index contributed by atoms with van der Waals surface area (Å²) in [5, 5.41) is 24.5. The first-order valence-electron chi connectivity index (χ1n) is 8.46. The molecule has 0 amide bonds. The van der Waals surface area contributed by atoms with Crippen molar-refractivity contribution in [2.75, 3.05) is 72.1 Å². The first-order valence-corrected chi connectivity index (χ1v) is 8.46. The lowest BCUT2D eigenvalue weighted by Gasteiger charge is -2.10. The van der Waals surface area contributed by atoms with Gasteiger partial charge in [-0.2, -0.15) is 0 Å². The minimum atomic E-state index is -0.673. The Kier molecular flexibility index (Phi) is 10.9. The van der Waals surface area contributed by atoms with Gasteiger partial charge in [0.15, 0.2) is 0 Å². The lowest BCUT2D eigenvalue weighted by molar-refractivity contribution is -0.393. The van der Waals surface area contributed by atoms with Gasteiger partial charge in [0.05, 0.1) is 55.6 Å². The van der Waals surface area contributed by atoms with Gasteiger partial charge in [-0.05, 0) is 20.2 Å². The topological polar surface area (TPSA) is 129 Å². The number of rotatable bonds is 15. The number of nitro groups is 2. The molecule has 0 spiro atoms. The van der Waals surface area contributed by atoms with Crippen LogP contribution in [-0.2, 0) is 14.2 Å². The van der Waals surface area contributed by atoms with Gasteiger partial charge in [-0.3, -0.25) is 20.2 Å². The highest BCUT2D eigenvalue weighted by Crippen LogP contribution is 2.28. The van der Waals surface area contributed by atoms with Gasteiger partial charge in [-0.1, -0.05) is 0 Å². The van der Waals surface area contributed by atoms with Crippen LogP contribution in [0.25, 0.3) is 0 Å². The molecule has 152 valence electrons. The largest absolute Gasteiger partial charge is 0.378 e. The second kappa shape index (κ2) is 12.9.